The van der Waals surface area contributed by atoms with Crippen molar-refractivity contribution >= 4 is 35.2 Å². The van der Waals surface area contributed by atoms with Gasteiger partial charge in [-0.3, -0.25) is 14.4 Å². The van der Waals surface area contributed by atoms with Crippen LogP contribution in [0.5, 0.6) is 5.75 Å². The van der Waals surface area contributed by atoms with Crippen molar-refractivity contribution in [2.45, 2.75) is 108 Å². The molecule has 3 aliphatic rings. The molecule has 5 atom stereocenters. The monoisotopic (exact) mass is 667 g/mol. The third-order valence-electron chi connectivity index (χ3n) is 10.1. The molecule has 0 saturated carbocycles. The van der Waals surface area contributed by atoms with Crippen LogP contribution in [0.25, 0.3) is 0 Å². The predicted molar refractivity (Wildman–Crippen MR) is 192 cm³/mol. The van der Waals surface area contributed by atoms with Gasteiger partial charge in [0.05, 0.1) is 23.2 Å². The van der Waals surface area contributed by atoms with Crippen LogP contribution < -0.4 is 9.64 Å². The summed E-state index contributed by atoms with van der Waals surface area (Å²) >= 11 is 1.71. The van der Waals surface area contributed by atoms with Gasteiger partial charge in [0.15, 0.2) is 0 Å². The van der Waals surface area contributed by atoms with Crippen molar-refractivity contribution in [3.05, 3.63) is 49.6 Å². The molecular formula is C38H57N3O5S. The summed E-state index contributed by atoms with van der Waals surface area (Å²) in [4.78, 5) is 50.1. The number of hydrogen-bond donors (Lipinski definition) is 1. The summed E-state index contributed by atoms with van der Waals surface area (Å²) in [6.45, 7) is 24.5. The maximum Gasteiger partial charge on any atom is 0.247 e. The number of hydrogen-bond acceptors (Lipinski definition) is 6. The number of aliphatic hydroxyl groups excluding tert-OH is 1. The van der Waals surface area contributed by atoms with E-state index in [1.54, 1.807) is 33.7 Å². The Morgan fingerprint density at radius 2 is 1.70 bits per heavy atom. The summed E-state index contributed by atoms with van der Waals surface area (Å²) in [5.41, 5.74) is 0.211. The fourth-order valence-corrected chi connectivity index (χ4v) is 11.1. The van der Waals surface area contributed by atoms with Crippen LogP contribution in [0.3, 0.4) is 0 Å². The lowest BCUT2D eigenvalue weighted by molar-refractivity contribution is -0.146. The van der Waals surface area contributed by atoms with Crippen molar-refractivity contribution in [3.63, 3.8) is 0 Å². The average molecular weight is 668 g/mol. The van der Waals surface area contributed by atoms with E-state index in [1.807, 2.05) is 36.1 Å². The molecule has 47 heavy (non-hydrogen) atoms. The first-order valence-corrected chi connectivity index (χ1v) is 18.1. The van der Waals surface area contributed by atoms with Gasteiger partial charge in [-0.2, -0.15) is 0 Å². The smallest absolute Gasteiger partial charge is 0.247 e. The number of likely N-dealkylation sites (tertiary alicyclic amines) is 1. The Morgan fingerprint density at radius 3 is 2.28 bits per heavy atom. The number of carbonyl (C=O) groups is 3. The Hall–Kier alpha value is -2.78. The SMILES string of the molecule is C=CCN(C(=O)[C@H]1[C@H]2C(=O)N(CCCCCO)C(C(=O)N(CC=C)C(C)(C)CC(C)(C)C)C23CC[C@]1(C)S3)c1ccc(OCC)cc1. The first-order chi connectivity index (χ1) is 22.1. The molecule has 9 heteroatoms. The van der Waals surface area contributed by atoms with E-state index in [0.717, 1.165) is 30.7 Å². The molecule has 1 aromatic rings. The van der Waals surface area contributed by atoms with E-state index >= 15 is 4.79 Å². The summed E-state index contributed by atoms with van der Waals surface area (Å²) in [6, 6.07) is 6.80. The molecule has 1 N–H and O–H groups in total. The number of amides is 3. The minimum atomic E-state index is -0.712. The maximum absolute atomic E-state index is 15.1. The van der Waals surface area contributed by atoms with Gasteiger partial charge in [0, 0.05) is 42.2 Å². The van der Waals surface area contributed by atoms with Crippen molar-refractivity contribution in [1.29, 1.82) is 0 Å². The van der Waals surface area contributed by atoms with Crippen LogP contribution in [0.15, 0.2) is 49.6 Å². The fraction of sp³-hybridized carbons (Fsp3) is 0.658. The van der Waals surface area contributed by atoms with Crippen molar-refractivity contribution in [3.8, 4) is 5.75 Å². The van der Waals surface area contributed by atoms with Crippen LogP contribution in [0.4, 0.5) is 5.69 Å². The normalized spacial score (nSPS) is 26.7. The van der Waals surface area contributed by atoms with E-state index in [1.165, 1.54) is 0 Å². The highest BCUT2D eigenvalue weighted by molar-refractivity contribution is 8.02. The summed E-state index contributed by atoms with van der Waals surface area (Å²) in [5.74, 6) is -0.736. The van der Waals surface area contributed by atoms with E-state index in [0.29, 0.717) is 45.5 Å². The minimum absolute atomic E-state index is 0.0273. The molecule has 0 aliphatic carbocycles. The van der Waals surface area contributed by atoms with Gasteiger partial charge in [0.1, 0.15) is 11.8 Å². The molecule has 8 nitrogen and oxygen atoms in total. The molecule has 2 unspecified atom stereocenters. The molecule has 260 valence electrons. The van der Waals surface area contributed by atoms with Crippen LogP contribution in [0.2, 0.25) is 0 Å². The van der Waals surface area contributed by atoms with E-state index in [9.17, 15) is 14.7 Å². The standard InChI is InChI=1S/C38H57N3O5S/c1-10-22-39(27-16-18-28(19-17-27)46-12-3)32(43)29-30-33(44)40(24-14-13-15-25-42)31(38(30)21-20-37(29,9)47-38)34(45)41(23-11-2)36(7,8)26-35(4,5)6/h10-11,16-19,29-31,42H,1-2,12-15,20-26H2,3-9H3/t29-,30+,31?,37+,38?/m1/s1. The van der Waals surface area contributed by atoms with E-state index in [4.69, 9.17) is 4.74 Å². The summed E-state index contributed by atoms with van der Waals surface area (Å²) < 4.78 is 4.43. The first-order valence-electron chi connectivity index (χ1n) is 17.3. The molecule has 3 heterocycles. The van der Waals surface area contributed by atoms with Crippen LogP contribution in [-0.2, 0) is 14.4 Å². The van der Waals surface area contributed by atoms with Crippen molar-refractivity contribution < 1.29 is 24.2 Å². The summed E-state index contributed by atoms with van der Waals surface area (Å²) in [6.07, 6.45) is 7.79. The molecule has 1 spiro atoms. The van der Waals surface area contributed by atoms with E-state index in [2.05, 4.69) is 54.7 Å². The van der Waals surface area contributed by atoms with Crippen molar-refractivity contribution in [2.75, 3.05) is 37.7 Å². The van der Waals surface area contributed by atoms with Gasteiger partial charge in [0.25, 0.3) is 0 Å². The van der Waals surface area contributed by atoms with E-state index in [-0.39, 0.29) is 29.7 Å². The molecule has 4 rings (SSSR count). The molecule has 0 radical (unpaired) electrons. The van der Waals surface area contributed by atoms with Crippen LogP contribution in [-0.4, -0.2) is 86.6 Å². The lowest BCUT2D eigenvalue weighted by atomic mass is 9.66. The van der Waals surface area contributed by atoms with Crippen LogP contribution in [0, 0.1) is 17.3 Å². The second-order valence-electron chi connectivity index (χ2n) is 15.5. The first kappa shape index (κ1) is 37.0. The number of fused-ring (bicyclic) bond motifs is 1. The minimum Gasteiger partial charge on any atom is -0.494 e. The van der Waals surface area contributed by atoms with Gasteiger partial charge in [-0.15, -0.1) is 24.9 Å². The second kappa shape index (κ2) is 14.4. The molecule has 2 bridgehead atoms. The lowest BCUT2D eigenvalue weighted by Crippen LogP contribution is -2.60. The zero-order chi connectivity index (χ0) is 34.8. The lowest BCUT2D eigenvalue weighted by Gasteiger charge is -2.46. The Bertz CT molecular complexity index is 1320. The van der Waals surface area contributed by atoms with Gasteiger partial charge in [-0.05, 0) is 95.9 Å². The number of benzene rings is 1. The summed E-state index contributed by atoms with van der Waals surface area (Å²) in [5, 5.41) is 9.43. The highest BCUT2D eigenvalue weighted by atomic mass is 32.2. The Labute approximate surface area is 287 Å². The highest BCUT2D eigenvalue weighted by Crippen LogP contribution is 2.72. The molecule has 3 amide bonds. The highest BCUT2D eigenvalue weighted by Gasteiger charge is 2.77. The van der Waals surface area contributed by atoms with Gasteiger partial charge in [0.2, 0.25) is 17.7 Å². The Balaban J connectivity index is 1.78. The third-order valence-corrected chi connectivity index (χ3v) is 12.1. The maximum atomic E-state index is 15.1. The van der Waals surface area contributed by atoms with Crippen LogP contribution in [0.1, 0.15) is 87.0 Å². The average Bonchev–Trinajstić information content (AvgIpc) is 3.56. The molecule has 3 aliphatic heterocycles. The van der Waals surface area contributed by atoms with Crippen molar-refractivity contribution in [1.82, 2.24) is 9.80 Å². The molecule has 1 aromatic carbocycles. The molecule has 3 fully saturated rings. The largest absolute Gasteiger partial charge is 0.494 e. The van der Waals surface area contributed by atoms with Crippen LogP contribution >= 0.6 is 11.8 Å². The number of carbonyl (C=O) groups excluding carboxylic acids is 3. The van der Waals surface area contributed by atoms with Gasteiger partial charge in [-0.1, -0.05) is 32.9 Å². The molecule has 3 saturated heterocycles. The zero-order valence-electron chi connectivity index (χ0n) is 29.7. The van der Waals surface area contributed by atoms with E-state index < -0.39 is 32.9 Å². The fourth-order valence-electron chi connectivity index (χ4n) is 8.71. The molecular weight excluding hydrogens is 611 g/mol. The van der Waals surface area contributed by atoms with Gasteiger partial charge < -0.3 is 24.5 Å². The molecule has 0 aromatic heterocycles. The Kier molecular flexibility index (Phi) is 11.3. The topological polar surface area (TPSA) is 90.4 Å². The number of unbranched alkanes of at least 4 members (excludes halogenated alkanes) is 2. The van der Waals surface area contributed by atoms with Crippen molar-refractivity contribution in [2.24, 2.45) is 17.3 Å². The number of ether oxygens (including phenoxy) is 1. The number of rotatable bonds is 16. The van der Waals surface area contributed by atoms with Gasteiger partial charge >= 0.3 is 0 Å². The number of aliphatic hydroxyl groups is 1. The Morgan fingerprint density at radius 1 is 1.04 bits per heavy atom. The zero-order valence-corrected chi connectivity index (χ0v) is 30.5. The van der Waals surface area contributed by atoms with Gasteiger partial charge in [-0.25, -0.2) is 0 Å². The predicted octanol–water partition coefficient (Wildman–Crippen LogP) is 6.48. The summed E-state index contributed by atoms with van der Waals surface area (Å²) in [7, 11) is 0. The quantitative estimate of drug-likeness (QED) is 0.160. The third kappa shape index (κ3) is 7.17. The number of thioether (sulfide) groups is 1. The number of anilines is 1. The number of nitrogens with zero attached hydrogens (tertiary/aromatic N) is 3. The second-order valence-corrected chi connectivity index (χ2v) is 17.4.